The van der Waals surface area contributed by atoms with E-state index in [1.54, 1.807) is 12.1 Å². The Bertz CT molecular complexity index is 887. The third kappa shape index (κ3) is 4.63. The topological polar surface area (TPSA) is 83.3 Å². The molecule has 3 rings (SSSR count). The fourth-order valence-corrected chi connectivity index (χ4v) is 2.71. The molecule has 0 aliphatic carbocycles. The molecule has 1 aromatic carbocycles. The van der Waals surface area contributed by atoms with Crippen molar-refractivity contribution >= 4 is 28.9 Å². The first kappa shape index (κ1) is 18.4. The van der Waals surface area contributed by atoms with E-state index in [-0.39, 0.29) is 11.7 Å². The number of anilines is 4. The summed E-state index contributed by atoms with van der Waals surface area (Å²) in [5.41, 5.74) is 1.55. The van der Waals surface area contributed by atoms with E-state index in [2.05, 4.69) is 39.3 Å². The van der Waals surface area contributed by atoms with E-state index in [0.29, 0.717) is 11.5 Å². The highest BCUT2D eigenvalue weighted by molar-refractivity contribution is 6.02. The summed E-state index contributed by atoms with van der Waals surface area (Å²) in [6.45, 7) is 7.85. The first-order valence-electron chi connectivity index (χ1n) is 8.91. The SMILES string of the molecule is CCN(CC)c1cc(Nc2ccc(NC(=O)c3ccco3)cc2)nc(C)n1. The number of hydrogen-bond donors (Lipinski definition) is 2. The molecule has 2 N–H and O–H groups in total. The molecule has 0 saturated carbocycles. The van der Waals surface area contributed by atoms with Gasteiger partial charge in [0.25, 0.3) is 5.91 Å². The minimum atomic E-state index is -0.281. The highest BCUT2D eigenvalue weighted by Gasteiger charge is 2.10. The molecular formula is C20H23N5O2. The smallest absolute Gasteiger partial charge is 0.291 e. The Morgan fingerprint density at radius 1 is 1.07 bits per heavy atom. The zero-order valence-electron chi connectivity index (χ0n) is 15.7. The van der Waals surface area contributed by atoms with Crippen LogP contribution in [0.15, 0.2) is 53.1 Å². The van der Waals surface area contributed by atoms with Gasteiger partial charge in [0.1, 0.15) is 17.5 Å². The van der Waals surface area contributed by atoms with Gasteiger partial charge >= 0.3 is 0 Å². The monoisotopic (exact) mass is 365 g/mol. The lowest BCUT2D eigenvalue weighted by molar-refractivity contribution is 0.0996. The van der Waals surface area contributed by atoms with Crippen LogP contribution in [0.25, 0.3) is 0 Å². The number of carbonyl (C=O) groups excluding carboxylic acids is 1. The minimum absolute atomic E-state index is 0.276. The van der Waals surface area contributed by atoms with Gasteiger partial charge in [-0.3, -0.25) is 4.79 Å². The number of amides is 1. The van der Waals surface area contributed by atoms with Gasteiger partial charge < -0.3 is 20.0 Å². The Labute approximate surface area is 158 Å². The van der Waals surface area contributed by atoms with Gasteiger partial charge in [0, 0.05) is 30.5 Å². The third-order valence-electron chi connectivity index (χ3n) is 4.07. The first-order chi connectivity index (χ1) is 13.1. The van der Waals surface area contributed by atoms with Crippen LogP contribution in [0, 0.1) is 6.92 Å². The molecule has 7 nitrogen and oxygen atoms in total. The number of aryl methyl sites for hydroxylation is 1. The number of aromatic nitrogens is 2. The molecule has 140 valence electrons. The van der Waals surface area contributed by atoms with Crippen molar-refractivity contribution in [1.29, 1.82) is 0 Å². The zero-order chi connectivity index (χ0) is 19.2. The van der Waals surface area contributed by atoms with Crippen molar-refractivity contribution in [3.63, 3.8) is 0 Å². The van der Waals surface area contributed by atoms with E-state index in [4.69, 9.17) is 4.42 Å². The zero-order valence-corrected chi connectivity index (χ0v) is 15.7. The van der Waals surface area contributed by atoms with Gasteiger partial charge in [-0.1, -0.05) is 0 Å². The fourth-order valence-electron chi connectivity index (χ4n) is 2.71. The molecule has 27 heavy (non-hydrogen) atoms. The summed E-state index contributed by atoms with van der Waals surface area (Å²) >= 11 is 0. The molecule has 0 spiro atoms. The van der Waals surface area contributed by atoms with Crippen molar-refractivity contribution in [3.05, 3.63) is 60.3 Å². The van der Waals surface area contributed by atoms with Crippen LogP contribution >= 0.6 is 0 Å². The van der Waals surface area contributed by atoms with Crippen molar-refractivity contribution in [3.8, 4) is 0 Å². The summed E-state index contributed by atoms with van der Waals surface area (Å²) in [5.74, 6) is 2.34. The molecule has 7 heteroatoms. The molecule has 0 fully saturated rings. The van der Waals surface area contributed by atoms with Crippen LogP contribution in [0.5, 0.6) is 0 Å². The number of benzene rings is 1. The Kier molecular flexibility index (Phi) is 5.71. The standard InChI is InChI=1S/C20H23N5O2/c1-4-25(5-2)19-13-18(21-14(3)22-19)23-15-8-10-16(11-9-15)24-20(26)17-7-6-12-27-17/h6-13H,4-5H2,1-3H3,(H,24,26)(H,21,22,23). The average Bonchev–Trinajstić information content (AvgIpc) is 3.19. The predicted octanol–water partition coefficient (Wildman–Crippen LogP) is 4.22. The van der Waals surface area contributed by atoms with Crippen LogP contribution in [-0.2, 0) is 0 Å². The Morgan fingerprint density at radius 3 is 2.41 bits per heavy atom. The molecule has 0 atom stereocenters. The molecular weight excluding hydrogens is 342 g/mol. The van der Waals surface area contributed by atoms with Crippen molar-refractivity contribution in [2.24, 2.45) is 0 Å². The van der Waals surface area contributed by atoms with Crippen molar-refractivity contribution in [2.45, 2.75) is 20.8 Å². The lowest BCUT2D eigenvalue weighted by Gasteiger charge is -2.20. The number of furan rings is 1. The van der Waals surface area contributed by atoms with E-state index >= 15 is 0 Å². The van der Waals surface area contributed by atoms with E-state index in [9.17, 15) is 4.79 Å². The number of carbonyl (C=O) groups is 1. The van der Waals surface area contributed by atoms with Gasteiger partial charge in [0.05, 0.1) is 6.26 Å². The van der Waals surface area contributed by atoms with Crippen molar-refractivity contribution in [2.75, 3.05) is 28.6 Å². The van der Waals surface area contributed by atoms with Gasteiger partial charge in [-0.15, -0.1) is 0 Å². The minimum Gasteiger partial charge on any atom is -0.459 e. The predicted molar refractivity (Wildman–Crippen MR) is 107 cm³/mol. The van der Waals surface area contributed by atoms with E-state index < -0.39 is 0 Å². The molecule has 3 aromatic rings. The molecule has 0 aliphatic rings. The molecule has 0 bridgehead atoms. The summed E-state index contributed by atoms with van der Waals surface area (Å²) in [5, 5.41) is 6.08. The largest absolute Gasteiger partial charge is 0.459 e. The molecule has 2 heterocycles. The van der Waals surface area contributed by atoms with E-state index in [0.717, 1.165) is 30.4 Å². The maximum Gasteiger partial charge on any atom is 0.291 e. The Balaban J connectivity index is 1.70. The van der Waals surface area contributed by atoms with Crippen LogP contribution in [0.3, 0.4) is 0 Å². The normalized spacial score (nSPS) is 10.5. The highest BCUT2D eigenvalue weighted by Crippen LogP contribution is 2.21. The van der Waals surface area contributed by atoms with Gasteiger partial charge in [-0.25, -0.2) is 9.97 Å². The summed E-state index contributed by atoms with van der Waals surface area (Å²) in [4.78, 5) is 23.1. The highest BCUT2D eigenvalue weighted by atomic mass is 16.3. The summed E-state index contributed by atoms with van der Waals surface area (Å²) in [6, 6.07) is 12.6. The van der Waals surface area contributed by atoms with Gasteiger partial charge in [0.2, 0.25) is 0 Å². The first-order valence-corrected chi connectivity index (χ1v) is 8.91. The summed E-state index contributed by atoms with van der Waals surface area (Å²) in [6.07, 6.45) is 1.47. The third-order valence-corrected chi connectivity index (χ3v) is 4.07. The summed E-state index contributed by atoms with van der Waals surface area (Å²) < 4.78 is 5.09. The van der Waals surface area contributed by atoms with Crippen LogP contribution in [0.4, 0.5) is 23.0 Å². The second kappa shape index (κ2) is 8.35. The number of nitrogens with zero attached hydrogens (tertiary/aromatic N) is 3. The quantitative estimate of drug-likeness (QED) is 0.652. The van der Waals surface area contributed by atoms with Crippen LogP contribution < -0.4 is 15.5 Å². The molecule has 0 radical (unpaired) electrons. The number of rotatable bonds is 7. The molecule has 0 aliphatic heterocycles. The maximum absolute atomic E-state index is 12.0. The van der Waals surface area contributed by atoms with E-state index in [1.807, 2.05) is 37.3 Å². The fraction of sp³-hybridized carbons (Fsp3) is 0.250. The molecule has 0 saturated heterocycles. The van der Waals surface area contributed by atoms with Crippen LogP contribution in [0.1, 0.15) is 30.2 Å². The second-order valence-corrected chi connectivity index (χ2v) is 5.96. The average molecular weight is 365 g/mol. The summed E-state index contributed by atoms with van der Waals surface area (Å²) in [7, 11) is 0. The number of hydrogen-bond acceptors (Lipinski definition) is 6. The lowest BCUT2D eigenvalue weighted by atomic mass is 10.2. The van der Waals surface area contributed by atoms with Crippen LogP contribution in [0.2, 0.25) is 0 Å². The van der Waals surface area contributed by atoms with Crippen LogP contribution in [-0.4, -0.2) is 29.0 Å². The van der Waals surface area contributed by atoms with Gasteiger partial charge in [-0.05, 0) is 57.2 Å². The molecule has 2 aromatic heterocycles. The number of nitrogens with one attached hydrogen (secondary N) is 2. The van der Waals surface area contributed by atoms with Crippen molar-refractivity contribution in [1.82, 2.24) is 9.97 Å². The second-order valence-electron chi connectivity index (χ2n) is 5.96. The Hall–Kier alpha value is -3.35. The molecule has 1 amide bonds. The van der Waals surface area contributed by atoms with Crippen molar-refractivity contribution < 1.29 is 9.21 Å². The van der Waals surface area contributed by atoms with Gasteiger partial charge in [0.15, 0.2) is 5.76 Å². The van der Waals surface area contributed by atoms with E-state index in [1.165, 1.54) is 6.26 Å². The lowest BCUT2D eigenvalue weighted by Crippen LogP contribution is -2.23. The maximum atomic E-state index is 12.0. The van der Waals surface area contributed by atoms with Gasteiger partial charge in [-0.2, -0.15) is 0 Å². The molecule has 0 unspecified atom stereocenters. The Morgan fingerprint density at radius 2 is 1.78 bits per heavy atom.